The Bertz CT molecular complexity index is 1400. The number of methoxy groups -OCH3 is 1. The van der Waals surface area contributed by atoms with Gasteiger partial charge in [0.15, 0.2) is 0 Å². The molecule has 8 heteroatoms. The highest BCUT2D eigenvalue weighted by atomic mass is 16.5. The molecule has 0 spiro atoms. The smallest absolute Gasteiger partial charge is 0.277 e. The maximum Gasteiger partial charge on any atom is 0.277 e. The van der Waals surface area contributed by atoms with Crippen LogP contribution in [0.4, 0.5) is 0 Å². The van der Waals surface area contributed by atoms with Crippen molar-refractivity contribution in [2.75, 3.05) is 13.7 Å². The predicted octanol–water partition coefficient (Wildman–Crippen LogP) is 3.66. The summed E-state index contributed by atoms with van der Waals surface area (Å²) in [7, 11) is 3.52. The third kappa shape index (κ3) is 5.06. The van der Waals surface area contributed by atoms with E-state index in [-0.39, 0.29) is 17.9 Å². The summed E-state index contributed by atoms with van der Waals surface area (Å²) in [6, 6.07) is 17.1. The summed E-state index contributed by atoms with van der Waals surface area (Å²) in [5.41, 5.74) is 4.39. The zero-order valence-electron chi connectivity index (χ0n) is 20.5. The van der Waals surface area contributed by atoms with Gasteiger partial charge in [-0.05, 0) is 50.6 Å². The lowest BCUT2D eigenvalue weighted by molar-refractivity contribution is -0.121. The minimum Gasteiger partial charge on any atom is -0.497 e. The van der Waals surface area contributed by atoms with Crippen molar-refractivity contribution in [2.24, 2.45) is 7.05 Å². The first-order valence-electron chi connectivity index (χ1n) is 11.6. The molecule has 0 radical (unpaired) electrons. The third-order valence-corrected chi connectivity index (χ3v) is 6.16. The highest BCUT2D eigenvalue weighted by molar-refractivity contribution is 5.76. The van der Waals surface area contributed by atoms with E-state index >= 15 is 0 Å². The van der Waals surface area contributed by atoms with Gasteiger partial charge in [0.1, 0.15) is 17.1 Å². The van der Waals surface area contributed by atoms with Gasteiger partial charge in [-0.25, -0.2) is 0 Å². The fraction of sp³-hybridized carbons (Fsp3) is 0.296. The average molecular weight is 475 g/mol. The highest BCUT2D eigenvalue weighted by Crippen LogP contribution is 2.23. The SMILES string of the molecule is CCOc1ccccc1CNC(=O)CCc1c(C)n(C)c2cc(-c3ccc(OC)cc3)nn2c1=O. The van der Waals surface area contributed by atoms with Gasteiger partial charge in [0.2, 0.25) is 5.91 Å². The van der Waals surface area contributed by atoms with Crippen LogP contribution in [-0.4, -0.2) is 33.8 Å². The van der Waals surface area contributed by atoms with Crippen LogP contribution >= 0.6 is 0 Å². The van der Waals surface area contributed by atoms with E-state index in [1.807, 2.05) is 80.1 Å². The van der Waals surface area contributed by atoms with E-state index in [9.17, 15) is 9.59 Å². The lowest BCUT2D eigenvalue weighted by atomic mass is 10.1. The topological polar surface area (TPSA) is 86.9 Å². The van der Waals surface area contributed by atoms with Crippen LogP contribution in [-0.2, 0) is 24.8 Å². The molecule has 4 aromatic rings. The first-order chi connectivity index (χ1) is 16.9. The number of carbonyl (C=O) groups is 1. The van der Waals surface area contributed by atoms with Gasteiger partial charge in [-0.2, -0.15) is 9.61 Å². The molecule has 0 aliphatic rings. The van der Waals surface area contributed by atoms with Crippen LogP contribution in [0.15, 0.2) is 59.4 Å². The predicted molar refractivity (Wildman–Crippen MR) is 135 cm³/mol. The number of hydrogen-bond donors (Lipinski definition) is 1. The van der Waals surface area contributed by atoms with Gasteiger partial charge in [0.05, 0.1) is 19.4 Å². The molecule has 0 aliphatic heterocycles. The van der Waals surface area contributed by atoms with Crippen molar-refractivity contribution >= 4 is 11.6 Å². The molecule has 0 atom stereocenters. The van der Waals surface area contributed by atoms with E-state index in [0.29, 0.717) is 36.5 Å². The Hall–Kier alpha value is -4.07. The number of aromatic nitrogens is 3. The van der Waals surface area contributed by atoms with Crippen molar-refractivity contribution in [3.8, 4) is 22.8 Å². The maximum atomic E-state index is 13.3. The Labute approximate surface area is 204 Å². The Morgan fingerprint density at radius 3 is 2.57 bits per heavy atom. The normalized spacial score (nSPS) is 11.0. The molecule has 4 rings (SSSR count). The molecule has 0 fully saturated rings. The second-order valence-corrected chi connectivity index (χ2v) is 8.27. The number of benzene rings is 2. The van der Waals surface area contributed by atoms with Crippen molar-refractivity contribution in [2.45, 2.75) is 33.2 Å². The molecule has 2 heterocycles. The molecule has 1 amide bonds. The van der Waals surface area contributed by atoms with Gasteiger partial charge in [-0.3, -0.25) is 9.59 Å². The molecule has 0 aliphatic carbocycles. The van der Waals surface area contributed by atoms with Crippen LogP contribution in [0, 0.1) is 6.92 Å². The number of nitrogens with one attached hydrogen (secondary N) is 1. The van der Waals surface area contributed by atoms with Crippen LogP contribution in [0.1, 0.15) is 30.2 Å². The zero-order chi connectivity index (χ0) is 24.9. The summed E-state index contributed by atoms with van der Waals surface area (Å²) < 4.78 is 14.2. The fourth-order valence-electron chi connectivity index (χ4n) is 4.07. The molecule has 8 nitrogen and oxygen atoms in total. The Balaban J connectivity index is 1.51. The third-order valence-electron chi connectivity index (χ3n) is 6.16. The second kappa shape index (κ2) is 10.5. The molecule has 182 valence electrons. The molecule has 2 aromatic heterocycles. The van der Waals surface area contributed by atoms with Crippen LogP contribution in [0.25, 0.3) is 16.9 Å². The summed E-state index contributed by atoms with van der Waals surface area (Å²) in [5, 5.41) is 7.49. The lowest BCUT2D eigenvalue weighted by Gasteiger charge is -2.13. The van der Waals surface area contributed by atoms with E-state index in [2.05, 4.69) is 10.4 Å². The van der Waals surface area contributed by atoms with Crippen LogP contribution in [0.3, 0.4) is 0 Å². The van der Waals surface area contributed by atoms with Crippen LogP contribution < -0.4 is 20.3 Å². The molecule has 0 bridgehead atoms. The Morgan fingerprint density at radius 2 is 1.86 bits per heavy atom. The summed E-state index contributed by atoms with van der Waals surface area (Å²) in [5.74, 6) is 1.39. The minimum atomic E-state index is -0.204. The van der Waals surface area contributed by atoms with Crippen LogP contribution in [0.2, 0.25) is 0 Å². The first kappa shape index (κ1) is 24.1. The van der Waals surface area contributed by atoms with Crippen molar-refractivity contribution in [3.63, 3.8) is 0 Å². The van der Waals surface area contributed by atoms with E-state index in [1.54, 1.807) is 7.11 Å². The molecular formula is C27H30N4O4. The number of carbonyl (C=O) groups excluding carboxylic acids is 1. The molecule has 1 N–H and O–H groups in total. The quantitative estimate of drug-likeness (QED) is 0.400. The summed E-state index contributed by atoms with van der Waals surface area (Å²) in [6.07, 6.45) is 0.524. The molecular weight excluding hydrogens is 444 g/mol. The number of nitrogens with zero attached hydrogens (tertiary/aromatic N) is 3. The van der Waals surface area contributed by atoms with Gasteiger partial charge in [-0.15, -0.1) is 0 Å². The number of fused-ring (bicyclic) bond motifs is 1. The Morgan fingerprint density at radius 1 is 1.11 bits per heavy atom. The van der Waals surface area contributed by atoms with Crippen molar-refractivity contribution in [3.05, 3.63) is 81.8 Å². The van der Waals surface area contributed by atoms with E-state index < -0.39 is 0 Å². The largest absolute Gasteiger partial charge is 0.497 e. The maximum absolute atomic E-state index is 13.3. The summed E-state index contributed by atoms with van der Waals surface area (Å²) in [4.78, 5) is 25.9. The van der Waals surface area contributed by atoms with Gasteiger partial charge < -0.3 is 19.4 Å². The number of ether oxygens (including phenoxy) is 2. The van der Waals surface area contributed by atoms with Crippen molar-refractivity contribution in [1.29, 1.82) is 0 Å². The lowest BCUT2D eigenvalue weighted by Crippen LogP contribution is -2.28. The average Bonchev–Trinajstić information content (AvgIpc) is 3.33. The zero-order valence-corrected chi connectivity index (χ0v) is 20.5. The van der Waals surface area contributed by atoms with E-state index in [1.165, 1.54) is 4.52 Å². The standard InChI is InChI=1S/C27H30N4O4/c1-5-35-24-9-7-6-8-20(24)17-28-25(32)15-14-22-18(2)30(3)26-16-23(29-31(26)27(22)33)19-10-12-21(34-4)13-11-19/h6-13,16H,5,14-15,17H2,1-4H3,(H,28,32). The minimum absolute atomic E-state index is 0.128. The number of rotatable bonds is 9. The fourth-order valence-corrected chi connectivity index (χ4v) is 4.07. The monoisotopic (exact) mass is 474 g/mol. The van der Waals surface area contributed by atoms with Gasteiger partial charge in [0.25, 0.3) is 5.56 Å². The molecule has 2 aromatic carbocycles. The van der Waals surface area contributed by atoms with E-state index in [0.717, 1.165) is 28.3 Å². The number of aryl methyl sites for hydroxylation is 1. The summed E-state index contributed by atoms with van der Waals surface area (Å²) >= 11 is 0. The van der Waals surface area contributed by atoms with Crippen molar-refractivity contribution < 1.29 is 14.3 Å². The van der Waals surface area contributed by atoms with Crippen LogP contribution in [0.5, 0.6) is 11.5 Å². The number of para-hydroxylation sites is 1. The number of hydrogen-bond acceptors (Lipinski definition) is 5. The van der Waals surface area contributed by atoms with Gasteiger partial charge >= 0.3 is 0 Å². The van der Waals surface area contributed by atoms with Crippen molar-refractivity contribution in [1.82, 2.24) is 19.5 Å². The summed E-state index contributed by atoms with van der Waals surface area (Å²) in [6.45, 7) is 4.75. The molecule has 0 saturated carbocycles. The molecule has 0 saturated heterocycles. The first-order valence-corrected chi connectivity index (χ1v) is 11.6. The van der Waals surface area contributed by atoms with Gasteiger partial charge in [-0.1, -0.05) is 18.2 Å². The van der Waals surface area contributed by atoms with Gasteiger partial charge in [0, 0.05) is 48.5 Å². The van der Waals surface area contributed by atoms with E-state index in [4.69, 9.17) is 9.47 Å². The Kier molecular flexibility index (Phi) is 7.19. The second-order valence-electron chi connectivity index (χ2n) is 8.27. The molecule has 35 heavy (non-hydrogen) atoms. The highest BCUT2D eigenvalue weighted by Gasteiger charge is 2.17. The number of amides is 1. The molecule has 0 unspecified atom stereocenters.